The smallest absolute Gasteiger partial charge is 0.242 e. The topological polar surface area (TPSA) is 99.9 Å². The quantitative estimate of drug-likeness (QED) is 0.689. The van der Waals surface area contributed by atoms with Gasteiger partial charge in [-0.15, -0.1) is 0 Å². The third-order valence-corrected chi connectivity index (χ3v) is 5.31. The van der Waals surface area contributed by atoms with Crippen LogP contribution in [-0.2, 0) is 20.9 Å². The van der Waals surface area contributed by atoms with Gasteiger partial charge in [-0.05, 0) is 6.92 Å². The number of amides is 3. The molecule has 0 aliphatic carbocycles. The van der Waals surface area contributed by atoms with E-state index in [2.05, 4.69) is 15.0 Å². The molecule has 0 N–H and O–H groups in total. The van der Waals surface area contributed by atoms with Gasteiger partial charge in [0, 0.05) is 44.6 Å². The number of benzene rings is 1. The van der Waals surface area contributed by atoms with Crippen LogP contribution in [0.2, 0.25) is 0 Å². The fourth-order valence-corrected chi connectivity index (χ4v) is 3.52. The van der Waals surface area contributed by atoms with E-state index in [1.165, 1.54) is 5.56 Å². The first-order valence-electron chi connectivity index (χ1n) is 9.72. The van der Waals surface area contributed by atoms with Gasteiger partial charge in [0.25, 0.3) is 0 Å². The van der Waals surface area contributed by atoms with E-state index < -0.39 is 0 Å². The Balaban J connectivity index is 1.28. The Morgan fingerprint density at radius 1 is 1.03 bits per heavy atom. The van der Waals surface area contributed by atoms with Gasteiger partial charge in [0.05, 0.1) is 6.54 Å². The van der Waals surface area contributed by atoms with Crippen molar-refractivity contribution in [2.24, 2.45) is 0 Å². The van der Waals surface area contributed by atoms with E-state index in [0.29, 0.717) is 44.4 Å². The summed E-state index contributed by atoms with van der Waals surface area (Å²) in [6, 6.07) is 7.93. The Hall–Kier alpha value is -3.07. The van der Waals surface area contributed by atoms with Crippen LogP contribution in [0, 0.1) is 6.92 Å². The molecule has 152 valence electrons. The lowest BCUT2D eigenvalue weighted by Gasteiger charge is -2.34. The highest BCUT2D eigenvalue weighted by atomic mass is 16.5. The highest BCUT2D eigenvalue weighted by Gasteiger charge is 2.32. The van der Waals surface area contributed by atoms with Crippen LogP contribution < -0.4 is 0 Å². The van der Waals surface area contributed by atoms with Crippen LogP contribution in [0.15, 0.2) is 28.8 Å². The predicted octanol–water partition coefficient (Wildman–Crippen LogP) is 0.838. The van der Waals surface area contributed by atoms with E-state index in [1.54, 1.807) is 4.90 Å². The van der Waals surface area contributed by atoms with Gasteiger partial charge in [-0.25, -0.2) is 0 Å². The first kappa shape index (κ1) is 19.3. The highest BCUT2D eigenvalue weighted by Crippen LogP contribution is 2.18. The van der Waals surface area contributed by atoms with Gasteiger partial charge in [-0.1, -0.05) is 35.0 Å². The van der Waals surface area contributed by atoms with Crippen molar-refractivity contribution in [1.29, 1.82) is 0 Å². The number of nitrogens with zero attached hydrogens (tertiary/aromatic N) is 5. The normalized spacial score (nSPS) is 18.0. The summed E-state index contributed by atoms with van der Waals surface area (Å²) in [4.78, 5) is 45.1. The minimum atomic E-state index is -0.261. The molecule has 2 aliphatic heterocycles. The van der Waals surface area contributed by atoms with Crippen molar-refractivity contribution < 1.29 is 18.9 Å². The van der Waals surface area contributed by atoms with Crippen LogP contribution in [0.25, 0.3) is 11.4 Å². The zero-order valence-corrected chi connectivity index (χ0v) is 16.3. The summed E-state index contributed by atoms with van der Waals surface area (Å²) in [6.45, 7) is 4.79. The van der Waals surface area contributed by atoms with Crippen molar-refractivity contribution in [2.75, 3.05) is 32.7 Å². The van der Waals surface area contributed by atoms with Crippen molar-refractivity contribution in [1.82, 2.24) is 24.8 Å². The van der Waals surface area contributed by atoms with Gasteiger partial charge < -0.3 is 9.42 Å². The Kier molecular flexibility index (Phi) is 5.39. The molecule has 9 heteroatoms. The Morgan fingerprint density at radius 2 is 1.69 bits per heavy atom. The molecular formula is C20H23N5O4. The standard InChI is InChI=1S/C20H23N5O4/c1-14-2-4-15(5-3-14)20-21-16(29-22-20)12-23-8-10-24(11-9-23)19(28)13-25-17(26)6-7-18(25)27/h2-5H,6-13H2,1H3. The second-order valence-electron chi connectivity index (χ2n) is 7.41. The number of aryl methyl sites for hydroxylation is 1. The van der Waals surface area contributed by atoms with Gasteiger partial charge in [-0.2, -0.15) is 4.98 Å². The molecule has 0 radical (unpaired) electrons. The lowest BCUT2D eigenvalue weighted by molar-refractivity contribution is -0.146. The molecule has 2 fully saturated rings. The SMILES string of the molecule is Cc1ccc(-c2noc(CN3CCN(C(=O)CN4C(=O)CCC4=O)CC3)n2)cc1. The maximum absolute atomic E-state index is 12.4. The highest BCUT2D eigenvalue weighted by molar-refractivity contribution is 6.04. The van der Waals surface area contributed by atoms with Crippen LogP contribution in [-0.4, -0.2) is 75.3 Å². The molecule has 0 atom stereocenters. The first-order valence-corrected chi connectivity index (χ1v) is 9.72. The fraction of sp³-hybridized carbons (Fsp3) is 0.450. The van der Waals surface area contributed by atoms with Crippen LogP contribution in [0.1, 0.15) is 24.3 Å². The number of hydrogen-bond acceptors (Lipinski definition) is 7. The summed E-state index contributed by atoms with van der Waals surface area (Å²) in [5.74, 6) is 0.389. The molecule has 2 aromatic rings. The van der Waals surface area contributed by atoms with E-state index in [4.69, 9.17) is 4.52 Å². The minimum absolute atomic E-state index is 0.152. The van der Waals surface area contributed by atoms with Crippen molar-refractivity contribution in [3.8, 4) is 11.4 Å². The summed E-state index contributed by atoms with van der Waals surface area (Å²) in [5.41, 5.74) is 2.08. The molecule has 0 spiro atoms. The zero-order chi connectivity index (χ0) is 20.4. The maximum Gasteiger partial charge on any atom is 0.242 e. The summed E-state index contributed by atoms with van der Waals surface area (Å²) >= 11 is 0. The largest absolute Gasteiger partial charge is 0.339 e. The lowest BCUT2D eigenvalue weighted by atomic mass is 10.1. The van der Waals surface area contributed by atoms with E-state index in [0.717, 1.165) is 10.5 Å². The average Bonchev–Trinajstić information content (AvgIpc) is 3.31. The fourth-order valence-electron chi connectivity index (χ4n) is 3.52. The molecule has 29 heavy (non-hydrogen) atoms. The van der Waals surface area contributed by atoms with Crippen LogP contribution >= 0.6 is 0 Å². The number of hydrogen-bond donors (Lipinski definition) is 0. The number of carbonyl (C=O) groups excluding carboxylic acids is 3. The third-order valence-electron chi connectivity index (χ3n) is 5.31. The molecule has 3 heterocycles. The van der Waals surface area contributed by atoms with Crippen molar-refractivity contribution in [3.05, 3.63) is 35.7 Å². The number of imide groups is 1. The Labute approximate surface area is 168 Å². The number of carbonyl (C=O) groups is 3. The second-order valence-corrected chi connectivity index (χ2v) is 7.41. The molecule has 9 nitrogen and oxygen atoms in total. The van der Waals surface area contributed by atoms with Gasteiger partial charge in [0.2, 0.25) is 29.4 Å². The molecule has 0 unspecified atom stereocenters. The van der Waals surface area contributed by atoms with Crippen molar-refractivity contribution in [3.63, 3.8) is 0 Å². The number of piperazine rings is 1. The molecular weight excluding hydrogens is 374 g/mol. The molecule has 1 aromatic carbocycles. The Morgan fingerprint density at radius 3 is 2.34 bits per heavy atom. The number of aromatic nitrogens is 2. The molecule has 4 rings (SSSR count). The van der Waals surface area contributed by atoms with Gasteiger partial charge in [0.1, 0.15) is 6.54 Å². The molecule has 1 aromatic heterocycles. The van der Waals surface area contributed by atoms with Crippen LogP contribution in [0.5, 0.6) is 0 Å². The average molecular weight is 397 g/mol. The van der Waals surface area contributed by atoms with Gasteiger partial charge in [-0.3, -0.25) is 24.2 Å². The van der Waals surface area contributed by atoms with E-state index >= 15 is 0 Å². The molecule has 2 aliphatic rings. The zero-order valence-electron chi connectivity index (χ0n) is 16.3. The minimum Gasteiger partial charge on any atom is -0.339 e. The summed E-state index contributed by atoms with van der Waals surface area (Å²) < 4.78 is 5.37. The molecule has 3 amide bonds. The van der Waals surface area contributed by atoms with Crippen molar-refractivity contribution in [2.45, 2.75) is 26.3 Å². The monoisotopic (exact) mass is 397 g/mol. The molecule has 2 saturated heterocycles. The van der Waals surface area contributed by atoms with Gasteiger partial charge >= 0.3 is 0 Å². The van der Waals surface area contributed by atoms with Crippen LogP contribution in [0.3, 0.4) is 0 Å². The first-order chi connectivity index (χ1) is 14.0. The third kappa shape index (κ3) is 4.34. The van der Waals surface area contributed by atoms with Crippen LogP contribution in [0.4, 0.5) is 0 Å². The number of rotatable bonds is 5. The van der Waals surface area contributed by atoms with Gasteiger partial charge in [0.15, 0.2) is 0 Å². The Bertz CT molecular complexity index is 899. The molecule has 0 saturated carbocycles. The summed E-state index contributed by atoms with van der Waals surface area (Å²) in [7, 11) is 0. The maximum atomic E-state index is 12.4. The molecule has 0 bridgehead atoms. The lowest BCUT2D eigenvalue weighted by Crippen LogP contribution is -2.51. The van der Waals surface area contributed by atoms with Crippen molar-refractivity contribution >= 4 is 17.7 Å². The number of likely N-dealkylation sites (tertiary alicyclic amines) is 1. The van der Waals surface area contributed by atoms with E-state index in [-0.39, 0.29) is 37.1 Å². The second kappa shape index (κ2) is 8.12. The summed E-state index contributed by atoms with van der Waals surface area (Å²) in [6.07, 6.45) is 0.406. The predicted molar refractivity (Wildman–Crippen MR) is 102 cm³/mol. The van der Waals surface area contributed by atoms with E-state index in [9.17, 15) is 14.4 Å². The summed E-state index contributed by atoms with van der Waals surface area (Å²) in [5, 5.41) is 4.05. The van der Waals surface area contributed by atoms with E-state index in [1.807, 2.05) is 31.2 Å².